The third kappa shape index (κ3) is 2.97. The van der Waals surface area contributed by atoms with E-state index in [4.69, 9.17) is 5.11 Å². The molecule has 0 unspecified atom stereocenters. The molecule has 0 atom stereocenters. The second kappa shape index (κ2) is 5.18. The van der Waals surface area contributed by atoms with Crippen molar-refractivity contribution in [1.29, 1.82) is 0 Å². The number of urea groups is 1. The number of nitrogens with one attached hydrogen (secondary N) is 1. The Morgan fingerprint density at radius 2 is 2.12 bits per heavy atom. The number of rotatable bonds is 2. The predicted molar refractivity (Wildman–Crippen MR) is 65.3 cm³/mol. The summed E-state index contributed by atoms with van der Waals surface area (Å²) >= 11 is 1.52. The predicted octanol–water partition coefficient (Wildman–Crippen LogP) is 2.08. The number of carboxylic acids is 1. The first kappa shape index (κ1) is 11.9. The van der Waals surface area contributed by atoms with Gasteiger partial charge in [-0.3, -0.25) is 4.79 Å². The van der Waals surface area contributed by atoms with E-state index in [0.717, 1.165) is 5.69 Å². The van der Waals surface area contributed by atoms with Crippen molar-refractivity contribution in [3.05, 3.63) is 16.8 Å². The summed E-state index contributed by atoms with van der Waals surface area (Å²) in [7, 11) is 0. The molecule has 0 spiro atoms. The Morgan fingerprint density at radius 3 is 2.65 bits per heavy atom. The highest BCUT2D eigenvalue weighted by molar-refractivity contribution is 7.08. The number of likely N-dealkylation sites (tertiary alicyclic amines) is 1. The number of piperidine rings is 1. The molecule has 17 heavy (non-hydrogen) atoms. The molecule has 2 heterocycles. The third-order valence-corrected chi connectivity index (χ3v) is 3.59. The van der Waals surface area contributed by atoms with Crippen LogP contribution in [0.2, 0.25) is 0 Å². The molecule has 0 aromatic carbocycles. The lowest BCUT2D eigenvalue weighted by atomic mass is 9.97. The van der Waals surface area contributed by atoms with Crippen LogP contribution < -0.4 is 5.32 Å². The van der Waals surface area contributed by atoms with E-state index >= 15 is 0 Å². The molecule has 6 heteroatoms. The summed E-state index contributed by atoms with van der Waals surface area (Å²) in [6.07, 6.45) is 1.07. The van der Waals surface area contributed by atoms with E-state index in [-0.39, 0.29) is 11.9 Å². The number of carboxylic acid groups (broad SMARTS) is 1. The van der Waals surface area contributed by atoms with E-state index in [2.05, 4.69) is 5.32 Å². The number of hydrogen-bond donors (Lipinski definition) is 2. The number of hydrogen-bond acceptors (Lipinski definition) is 3. The minimum absolute atomic E-state index is 0.146. The molecule has 1 aromatic rings. The maximum Gasteiger partial charge on any atom is 0.321 e. The quantitative estimate of drug-likeness (QED) is 0.849. The van der Waals surface area contributed by atoms with Gasteiger partial charge < -0.3 is 15.3 Å². The van der Waals surface area contributed by atoms with Crippen LogP contribution in [0.4, 0.5) is 10.5 Å². The highest BCUT2D eigenvalue weighted by Gasteiger charge is 2.26. The Morgan fingerprint density at radius 1 is 1.41 bits per heavy atom. The second-order valence-electron chi connectivity index (χ2n) is 4.04. The summed E-state index contributed by atoms with van der Waals surface area (Å²) in [6.45, 7) is 1.01. The van der Waals surface area contributed by atoms with Gasteiger partial charge in [0.1, 0.15) is 0 Å². The Labute approximate surface area is 103 Å². The van der Waals surface area contributed by atoms with Gasteiger partial charge in [-0.05, 0) is 24.3 Å². The second-order valence-corrected chi connectivity index (χ2v) is 4.82. The first-order chi connectivity index (χ1) is 8.16. The summed E-state index contributed by atoms with van der Waals surface area (Å²) in [5.41, 5.74) is 0.792. The average Bonchev–Trinajstić information content (AvgIpc) is 2.82. The lowest BCUT2D eigenvalue weighted by molar-refractivity contribution is -0.143. The van der Waals surface area contributed by atoms with Crippen molar-refractivity contribution in [1.82, 2.24) is 4.90 Å². The Hall–Kier alpha value is -1.56. The number of carbonyl (C=O) groups is 2. The number of nitrogens with zero attached hydrogens (tertiary/aromatic N) is 1. The fraction of sp³-hybridized carbons (Fsp3) is 0.455. The molecular formula is C11H14N2O3S. The molecule has 0 aliphatic carbocycles. The molecule has 0 bridgehead atoms. The van der Waals surface area contributed by atoms with E-state index in [0.29, 0.717) is 25.9 Å². The van der Waals surface area contributed by atoms with Crippen LogP contribution in [0.25, 0.3) is 0 Å². The van der Waals surface area contributed by atoms with Gasteiger partial charge in [-0.25, -0.2) is 4.79 Å². The van der Waals surface area contributed by atoms with E-state index in [9.17, 15) is 9.59 Å². The van der Waals surface area contributed by atoms with Gasteiger partial charge in [0.15, 0.2) is 0 Å². The van der Waals surface area contributed by atoms with Crippen LogP contribution in [0.3, 0.4) is 0 Å². The topological polar surface area (TPSA) is 69.6 Å². The normalized spacial score (nSPS) is 16.8. The van der Waals surface area contributed by atoms with Crippen LogP contribution in [0, 0.1) is 5.92 Å². The molecule has 2 rings (SSSR count). The van der Waals surface area contributed by atoms with Crippen LogP contribution in [0.15, 0.2) is 16.8 Å². The van der Waals surface area contributed by atoms with Gasteiger partial charge >= 0.3 is 12.0 Å². The molecule has 92 valence electrons. The van der Waals surface area contributed by atoms with Gasteiger partial charge in [0.05, 0.1) is 11.6 Å². The zero-order valence-electron chi connectivity index (χ0n) is 9.26. The molecule has 1 aromatic heterocycles. The largest absolute Gasteiger partial charge is 0.481 e. The van der Waals surface area contributed by atoms with Crippen LogP contribution in [-0.2, 0) is 4.79 Å². The van der Waals surface area contributed by atoms with Gasteiger partial charge in [-0.15, -0.1) is 0 Å². The van der Waals surface area contributed by atoms with E-state index < -0.39 is 5.97 Å². The summed E-state index contributed by atoms with van der Waals surface area (Å²) in [5, 5.41) is 15.4. The molecule has 2 amide bonds. The maximum atomic E-state index is 11.8. The van der Waals surface area contributed by atoms with Crippen molar-refractivity contribution < 1.29 is 14.7 Å². The average molecular weight is 254 g/mol. The summed E-state index contributed by atoms with van der Waals surface area (Å²) in [4.78, 5) is 24.2. The van der Waals surface area contributed by atoms with Gasteiger partial charge in [-0.1, -0.05) is 0 Å². The van der Waals surface area contributed by atoms with Crippen molar-refractivity contribution >= 4 is 29.0 Å². The van der Waals surface area contributed by atoms with Crippen molar-refractivity contribution in [3.8, 4) is 0 Å². The Bertz CT molecular complexity index is 397. The molecule has 2 N–H and O–H groups in total. The molecule has 0 radical (unpaired) electrons. The minimum atomic E-state index is -0.761. The van der Waals surface area contributed by atoms with Gasteiger partial charge in [-0.2, -0.15) is 11.3 Å². The lowest BCUT2D eigenvalue weighted by Gasteiger charge is -2.29. The molecule has 5 nitrogen and oxygen atoms in total. The van der Waals surface area contributed by atoms with E-state index in [1.165, 1.54) is 11.3 Å². The van der Waals surface area contributed by atoms with Crippen LogP contribution in [0.1, 0.15) is 12.8 Å². The zero-order valence-corrected chi connectivity index (χ0v) is 10.1. The number of aliphatic carboxylic acids is 1. The monoisotopic (exact) mass is 254 g/mol. The fourth-order valence-electron chi connectivity index (χ4n) is 1.87. The summed E-state index contributed by atoms with van der Waals surface area (Å²) in [6, 6.07) is 1.69. The number of anilines is 1. The highest BCUT2D eigenvalue weighted by Crippen LogP contribution is 2.19. The molecule has 1 aliphatic heterocycles. The van der Waals surface area contributed by atoms with Crippen molar-refractivity contribution in [2.45, 2.75) is 12.8 Å². The number of thiophene rings is 1. The first-order valence-corrected chi connectivity index (χ1v) is 6.42. The Balaban J connectivity index is 1.84. The van der Waals surface area contributed by atoms with Crippen LogP contribution >= 0.6 is 11.3 Å². The summed E-state index contributed by atoms with van der Waals surface area (Å²) < 4.78 is 0. The standard InChI is InChI=1S/C11H14N2O3S/c14-10(15)8-1-4-13(5-2-8)11(16)12-9-3-6-17-7-9/h3,6-8H,1-2,4-5H2,(H,12,16)(H,14,15). The van der Waals surface area contributed by atoms with Crippen LogP contribution in [-0.4, -0.2) is 35.1 Å². The van der Waals surface area contributed by atoms with Crippen molar-refractivity contribution in [3.63, 3.8) is 0 Å². The maximum absolute atomic E-state index is 11.8. The Kier molecular flexibility index (Phi) is 3.63. The minimum Gasteiger partial charge on any atom is -0.481 e. The molecule has 1 aliphatic rings. The third-order valence-electron chi connectivity index (χ3n) is 2.90. The summed E-state index contributed by atoms with van der Waals surface area (Å²) in [5.74, 6) is -1.07. The zero-order chi connectivity index (χ0) is 12.3. The number of amides is 2. The molecule has 0 saturated carbocycles. The van der Waals surface area contributed by atoms with Gasteiger partial charge in [0.2, 0.25) is 0 Å². The SMILES string of the molecule is O=C(O)C1CCN(C(=O)Nc2ccsc2)CC1. The van der Waals surface area contributed by atoms with Gasteiger partial charge in [0.25, 0.3) is 0 Å². The van der Waals surface area contributed by atoms with Crippen molar-refractivity contribution in [2.75, 3.05) is 18.4 Å². The van der Waals surface area contributed by atoms with E-state index in [1.807, 2.05) is 16.8 Å². The fourth-order valence-corrected chi connectivity index (χ4v) is 2.46. The molecule has 1 saturated heterocycles. The van der Waals surface area contributed by atoms with E-state index in [1.54, 1.807) is 4.90 Å². The molecular weight excluding hydrogens is 240 g/mol. The van der Waals surface area contributed by atoms with Gasteiger partial charge in [0, 0.05) is 18.5 Å². The van der Waals surface area contributed by atoms with Crippen molar-refractivity contribution in [2.24, 2.45) is 5.92 Å². The smallest absolute Gasteiger partial charge is 0.321 e. The lowest BCUT2D eigenvalue weighted by Crippen LogP contribution is -2.42. The number of carbonyl (C=O) groups excluding carboxylic acids is 1. The molecule has 1 fully saturated rings. The highest BCUT2D eigenvalue weighted by atomic mass is 32.1. The first-order valence-electron chi connectivity index (χ1n) is 5.48. The van der Waals surface area contributed by atoms with Crippen LogP contribution in [0.5, 0.6) is 0 Å².